The minimum absolute atomic E-state index is 0.103. The maximum Gasteiger partial charge on any atom is 0.327 e. The third kappa shape index (κ3) is 5.21. The fourth-order valence-electron chi connectivity index (χ4n) is 2.76. The van der Waals surface area contributed by atoms with Crippen LogP contribution in [-0.2, 0) is 4.79 Å². The maximum atomic E-state index is 12.0. The highest BCUT2D eigenvalue weighted by Crippen LogP contribution is 2.24. The van der Waals surface area contributed by atoms with Crippen molar-refractivity contribution in [3.8, 4) is 12.8 Å². The number of aromatic amines is 1. The molecule has 2 aromatic rings. The molecule has 0 spiro atoms. The molecule has 6 nitrogen and oxygen atoms in total. The van der Waals surface area contributed by atoms with Gasteiger partial charge in [0, 0.05) is 32.3 Å². The van der Waals surface area contributed by atoms with E-state index in [0.29, 0.717) is 18.7 Å². The van der Waals surface area contributed by atoms with Crippen molar-refractivity contribution >= 4 is 17.1 Å². The zero-order valence-electron chi connectivity index (χ0n) is 15.4. The minimum atomic E-state index is -0.116. The Morgan fingerprint density at radius 3 is 2.40 bits per heavy atom. The Labute approximate surface area is 149 Å². The van der Waals surface area contributed by atoms with Crippen LogP contribution in [0.5, 0.6) is 0 Å². The molecular weight excluding hydrogens is 316 g/mol. The molecule has 0 unspecified atom stereocenters. The number of aromatic nitrogens is 3. The van der Waals surface area contributed by atoms with Crippen LogP contribution in [0.1, 0.15) is 52.5 Å². The molecule has 3 rings (SSSR count). The van der Waals surface area contributed by atoms with Crippen molar-refractivity contribution in [2.75, 3.05) is 13.1 Å². The number of hydrogen-bond donors (Lipinski definition) is 1. The first-order valence-electron chi connectivity index (χ1n) is 8.72. The maximum absolute atomic E-state index is 12.0. The summed E-state index contributed by atoms with van der Waals surface area (Å²) in [7, 11) is 0. The second kappa shape index (κ2) is 10.3. The predicted molar refractivity (Wildman–Crippen MR) is 101 cm³/mol. The highest BCUT2D eigenvalue weighted by molar-refractivity contribution is 5.73. The second-order valence-electron chi connectivity index (χ2n) is 5.91. The number of carbonyl (C=O) groups excluding carboxylic acids is 1. The van der Waals surface area contributed by atoms with Crippen molar-refractivity contribution in [1.29, 1.82) is 0 Å². The molecule has 1 aliphatic heterocycles. The number of imidazole rings is 1. The van der Waals surface area contributed by atoms with Gasteiger partial charge in [0.1, 0.15) is 0 Å². The van der Waals surface area contributed by atoms with Gasteiger partial charge in [-0.15, -0.1) is 12.8 Å². The topological polar surface area (TPSA) is 71.0 Å². The molecule has 2 aromatic heterocycles. The molecule has 0 bridgehead atoms. The number of carbonyl (C=O) groups is 1. The Balaban J connectivity index is 0.000000461. The van der Waals surface area contributed by atoms with Crippen molar-refractivity contribution in [3.05, 3.63) is 28.8 Å². The Morgan fingerprint density at radius 1 is 1.28 bits per heavy atom. The average Bonchev–Trinajstić information content (AvgIpc) is 2.99. The van der Waals surface area contributed by atoms with Crippen LogP contribution in [0.2, 0.25) is 0 Å². The number of amides is 1. The van der Waals surface area contributed by atoms with Crippen LogP contribution in [0.15, 0.2) is 23.1 Å². The molecule has 1 N–H and O–H groups in total. The highest BCUT2D eigenvalue weighted by Gasteiger charge is 2.24. The average molecular weight is 344 g/mol. The van der Waals surface area contributed by atoms with E-state index >= 15 is 0 Å². The fourth-order valence-corrected chi connectivity index (χ4v) is 2.76. The smallest absolute Gasteiger partial charge is 0.327 e. The zero-order chi connectivity index (χ0) is 18.8. The summed E-state index contributed by atoms with van der Waals surface area (Å²) in [6, 6.07) is 3.87. The molecule has 0 radical (unpaired) electrons. The lowest BCUT2D eigenvalue weighted by Crippen LogP contribution is -2.39. The van der Waals surface area contributed by atoms with Gasteiger partial charge in [-0.25, -0.2) is 9.78 Å². The van der Waals surface area contributed by atoms with Crippen molar-refractivity contribution in [3.63, 3.8) is 0 Å². The van der Waals surface area contributed by atoms with Gasteiger partial charge in [-0.2, -0.15) is 0 Å². The lowest BCUT2D eigenvalue weighted by Gasteiger charge is -2.31. The number of pyridine rings is 1. The van der Waals surface area contributed by atoms with Crippen molar-refractivity contribution in [2.45, 2.75) is 52.5 Å². The number of nitrogens with zero attached hydrogens (tertiary/aromatic N) is 3. The second-order valence-corrected chi connectivity index (χ2v) is 5.91. The van der Waals surface area contributed by atoms with Crippen LogP contribution in [0.4, 0.5) is 0 Å². The number of fused-ring (bicyclic) bond motifs is 1. The standard InChI is InChI=1S/C13H16N4O2.C4H10.C2H2/c1-9(18)16-7-4-10(5-8-16)17-11-3-2-6-14-12(11)15-13(17)19;1-3-4-2;1-2/h2-3,6,10H,4-5,7-8H2,1H3,(H,14,15,19);3-4H2,1-2H3;1-2H. The van der Waals surface area contributed by atoms with E-state index in [4.69, 9.17) is 0 Å². The van der Waals surface area contributed by atoms with E-state index in [9.17, 15) is 9.59 Å². The lowest BCUT2D eigenvalue weighted by molar-refractivity contribution is -0.130. The van der Waals surface area contributed by atoms with Gasteiger partial charge < -0.3 is 4.90 Å². The molecule has 3 heterocycles. The van der Waals surface area contributed by atoms with E-state index in [1.54, 1.807) is 17.7 Å². The predicted octanol–water partition coefficient (Wildman–Crippen LogP) is 2.96. The van der Waals surface area contributed by atoms with Gasteiger partial charge in [0.25, 0.3) is 0 Å². The molecule has 25 heavy (non-hydrogen) atoms. The van der Waals surface area contributed by atoms with Gasteiger partial charge in [-0.1, -0.05) is 26.7 Å². The number of H-pyrrole nitrogens is 1. The molecule has 1 fully saturated rings. The summed E-state index contributed by atoms with van der Waals surface area (Å²) in [4.78, 5) is 32.1. The summed E-state index contributed by atoms with van der Waals surface area (Å²) in [5.41, 5.74) is 1.35. The lowest BCUT2D eigenvalue weighted by atomic mass is 10.0. The summed E-state index contributed by atoms with van der Waals surface area (Å²) in [5.74, 6) is 0.103. The Morgan fingerprint density at radius 2 is 1.88 bits per heavy atom. The summed E-state index contributed by atoms with van der Waals surface area (Å²) in [5, 5.41) is 0. The first-order chi connectivity index (χ1) is 12.1. The van der Waals surface area contributed by atoms with Crippen LogP contribution in [0.3, 0.4) is 0 Å². The van der Waals surface area contributed by atoms with E-state index in [0.717, 1.165) is 18.4 Å². The molecular formula is C19H28N4O2. The molecule has 0 atom stereocenters. The quantitative estimate of drug-likeness (QED) is 0.852. The monoisotopic (exact) mass is 344 g/mol. The third-order valence-electron chi connectivity index (χ3n) is 4.27. The molecule has 0 saturated carbocycles. The summed E-state index contributed by atoms with van der Waals surface area (Å²) in [6.45, 7) is 7.36. The highest BCUT2D eigenvalue weighted by atomic mass is 16.2. The zero-order valence-corrected chi connectivity index (χ0v) is 15.4. The van der Waals surface area contributed by atoms with E-state index in [2.05, 4.69) is 36.7 Å². The molecule has 0 aromatic carbocycles. The van der Waals surface area contributed by atoms with Crippen LogP contribution < -0.4 is 5.69 Å². The number of rotatable bonds is 2. The Hall–Kier alpha value is -2.55. The van der Waals surface area contributed by atoms with Crippen molar-refractivity contribution < 1.29 is 4.79 Å². The van der Waals surface area contributed by atoms with E-state index < -0.39 is 0 Å². The molecule has 6 heteroatoms. The summed E-state index contributed by atoms with van der Waals surface area (Å²) in [6.07, 6.45) is 13.9. The van der Waals surface area contributed by atoms with Crippen LogP contribution >= 0.6 is 0 Å². The summed E-state index contributed by atoms with van der Waals surface area (Å²) < 4.78 is 1.78. The summed E-state index contributed by atoms with van der Waals surface area (Å²) >= 11 is 0. The number of likely N-dealkylation sites (tertiary alicyclic amines) is 1. The van der Waals surface area contributed by atoms with E-state index in [1.165, 1.54) is 12.8 Å². The Bertz CT molecular complexity index is 734. The van der Waals surface area contributed by atoms with E-state index in [-0.39, 0.29) is 17.6 Å². The first kappa shape index (κ1) is 20.5. The Kier molecular flexibility index (Phi) is 8.48. The molecule has 136 valence electrons. The number of piperidine rings is 1. The first-order valence-corrected chi connectivity index (χ1v) is 8.72. The van der Waals surface area contributed by atoms with Gasteiger partial charge in [-0.05, 0) is 25.0 Å². The fraction of sp³-hybridized carbons (Fsp3) is 0.526. The molecule has 0 aliphatic carbocycles. The van der Waals surface area contributed by atoms with Gasteiger partial charge in [-0.3, -0.25) is 14.3 Å². The van der Waals surface area contributed by atoms with Crippen molar-refractivity contribution in [2.24, 2.45) is 0 Å². The van der Waals surface area contributed by atoms with E-state index in [1.807, 2.05) is 17.0 Å². The minimum Gasteiger partial charge on any atom is -0.343 e. The van der Waals surface area contributed by atoms with Gasteiger partial charge in [0.15, 0.2) is 5.65 Å². The van der Waals surface area contributed by atoms with Crippen LogP contribution in [0, 0.1) is 12.8 Å². The molecule has 1 saturated heterocycles. The number of unbranched alkanes of at least 4 members (excludes halogenated alkanes) is 1. The SMILES string of the molecule is C#C.CC(=O)N1CCC(n2c(=O)[nH]c3ncccc32)CC1.CCCC. The number of nitrogens with one attached hydrogen (secondary N) is 1. The number of terminal acetylenes is 1. The van der Waals surface area contributed by atoms with Gasteiger partial charge in [0.05, 0.1) is 5.52 Å². The normalized spacial score (nSPS) is 14.2. The van der Waals surface area contributed by atoms with Gasteiger partial charge >= 0.3 is 5.69 Å². The van der Waals surface area contributed by atoms with Crippen molar-refractivity contribution in [1.82, 2.24) is 19.4 Å². The van der Waals surface area contributed by atoms with Gasteiger partial charge in [0.2, 0.25) is 5.91 Å². The largest absolute Gasteiger partial charge is 0.343 e. The molecule has 1 aliphatic rings. The van der Waals surface area contributed by atoms with Crippen LogP contribution in [0.25, 0.3) is 11.2 Å². The molecule has 1 amide bonds. The third-order valence-corrected chi connectivity index (χ3v) is 4.27. The van der Waals surface area contributed by atoms with Crippen LogP contribution in [-0.4, -0.2) is 38.4 Å². The number of hydrogen-bond acceptors (Lipinski definition) is 3.